The van der Waals surface area contributed by atoms with Crippen LogP contribution < -0.4 is 5.32 Å². The average molecular weight is 288 g/mol. The van der Waals surface area contributed by atoms with Gasteiger partial charge in [-0.25, -0.2) is 4.98 Å². The number of nitrogens with one attached hydrogen (secondary N) is 1. The molecule has 6 heteroatoms. The highest BCUT2D eigenvalue weighted by molar-refractivity contribution is 5.50. The molecule has 1 aromatic rings. The van der Waals surface area contributed by atoms with Gasteiger partial charge in [0.15, 0.2) is 0 Å². The van der Waals surface area contributed by atoms with Crippen LogP contribution >= 0.6 is 0 Å². The zero-order valence-corrected chi connectivity index (χ0v) is 12.2. The van der Waals surface area contributed by atoms with Gasteiger partial charge in [0.2, 0.25) is 5.69 Å². The molecule has 0 spiro atoms. The van der Waals surface area contributed by atoms with Crippen LogP contribution in [0, 0.1) is 33.3 Å². The highest BCUT2D eigenvalue weighted by Gasteiger charge is 2.19. The van der Waals surface area contributed by atoms with E-state index in [1.165, 1.54) is 31.7 Å². The summed E-state index contributed by atoms with van der Waals surface area (Å²) in [4.78, 5) is 14.1. The summed E-state index contributed by atoms with van der Waals surface area (Å²) in [5.41, 5.74) is -0.388. The first kappa shape index (κ1) is 15.2. The summed E-state index contributed by atoms with van der Waals surface area (Å²) in [6, 6.07) is 4.66. The molecule has 1 aliphatic rings. The number of pyridine rings is 1. The summed E-state index contributed by atoms with van der Waals surface area (Å²) in [6.07, 6.45) is 6.27. The maximum absolute atomic E-state index is 10.7. The first-order valence-corrected chi connectivity index (χ1v) is 7.39. The molecule has 1 saturated carbocycles. The third-order valence-electron chi connectivity index (χ3n) is 4.08. The minimum atomic E-state index is -0.585. The Morgan fingerprint density at radius 3 is 3.00 bits per heavy atom. The average Bonchev–Trinajstić information content (AvgIpc) is 2.47. The van der Waals surface area contributed by atoms with Crippen molar-refractivity contribution in [3.05, 3.63) is 27.9 Å². The minimum Gasteiger partial charge on any atom is -0.370 e. The third kappa shape index (κ3) is 4.15. The van der Waals surface area contributed by atoms with Crippen molar-refractivity contribution in [1.29, 1.82) is 5.26 Å². The number of hydrogen-bond acceptors (Lipinski definition) is 5. The molecule has 112 valence electrons. The summed E-state index contributed by atoms with van der Waals surface area (Å²) in [7, 11) is 0. The Hall–Kier alpha value is -2.16. The maximum atomic E-state index is 10.7. The van der Waals surface area contributed by atoms with Crippen molar-refractivity contribution < 1.29 is 4.92 Å². The standard InChI is InChI=1S/C15H20N4O2/c1-11-3-2-4-12(9-11)7-8-17-15-6-5-14(19(20)21)13(10-16)18-15/h5-6,11-12H,2-4,7-9H2,1H3,(H,17,18). The maximum Gasteiger partial charge on any atom is 0.305 e. The molecule has 1 aromatic heterocycles. The predicted octanol–water partition coefficient (Wildman–Crippen LogP) is 3.49. The van der Waals surface area contributed by atoms with Gasteiger partial charge in [0, 0.05) is 12.6 Å². The Labute approximate surface area is 124 Å². The molecule has 21 heavy (non-hydrogen) atoms. The van der Waals surface area contributed by atoms with E-state index in [1.54, 1.807) is 12.1 Å². The molecule has 2 atom stereocenters. The molecule has 0 amide bonds. The van der Waals surface area contributed by atoms with E-state index in [0.29, 0.717) is 5.82 Å². The zero-order valence-electron chi connectivity index (χ0n) is 12.2. The predicted molar refractivity (Wildman–Crippen MR) is 79.8 cm³/mol. The van der Waals surface area contributed by atoms with Gasteiger partial charge >= 0.3 is 5.69 Å². The van der Waals surface area contributed by atoms with E-state index in [4.69, 9.17) is 5.26 Å². The second-order valence-corrected chi connectivity index (χ2v) is 5.79. The zero-order chi connectivity index (χ0) is 15.2. The van der Waals surface area contributed by atoms with Crippen molar-refractivity contribution in [2.24, 2.45) is 11.8 Å². The van der Waals surface area contributed by atoms with Crippen molar-refractivity contribution in [2.75, 3.05) is 11.9 Å². The molecule has 2 unspecified atom stereocenters. The summed E-state index contributed by atoms with van der Waals surface area (Å²) in [5, 5.41) is 22.8. The lowest BCUT2D eigenvalue weighted by atomic mass is 9.81. The fourth-order valence-corrected chi connectivity index (χ4v) is 3.01. The fraction of sp³-hybridized carbons (Fsp3) is 0.600. The van der Waals surface area contributed by atoms with Crippen LogP contribution in [0.25, 0.3) is 0 Å². The summed E-state index contributed by atoms with van der Waals surface area (Å²) < 4.78 is 0. The molecular weight excluding hydrogens is 268 g/mol. The molecule has 1 heterocycles. The van der Waals surface area contributed by atoms with Crippen molar-refractivity contribution in [3.63, 3.8) is 0 Å². The number of anilines is 1. The van der Waals surface area contributed by atoms with Crippen LogP contribution in [0.1, 0.15) is 44.7 Å². The van der Waals surface area contributed by atoms with Gasteiger partial charge in [0.05, 0.1) is 4.92 Å². The number of hydrogen-bond donors (Lipinski definition) is 1. The Morgan fingerprint density at radius 2 is 2.33 bits per heavy atom. The SMILES string of the molecule is CC1CCCC(CCNc2ccc([N+](=O)[O-])c(C#N)n2)C1. The van der Waals surface area contributed by atoms with Gasteiger partial charge in [-0.05, 0) is 30.7 Å². The molecule has 0 radical (unpaired) electrons. The number of nitro groups is 1. The molecule has 0 aliphatic heterocycles. The molecule has 6 nitrogen and oxygen atoms in total. The van der Waals surface area contributed by atoms with Gasteiger partial charge in [0.25, 0.3) is 0 Å². The minimum absolute atomic E-state index is 0.142. The van der Waals surface area contributed by atoms with Gasteiger partial charge in [-0.1, -0.05) is 26.2 Å². The van der Waals surface area contributed by atoms with Crippen molar-refractivity contribution >= 4 is 11.5 Å². The lowest BCUT2D eigenvalue weighted by Gasteiger charge is -2.26. The Kier molecular flexibility index (Phi) is 5.09. The van der Waals surface area contributed by atoms with Gasteiger partial charge < -0.3 is 5.32 Å². The van der Waals surface area contributed by atoms with Crippen LogP contribution in [0.5, 0.6) is 0 Å². The van der Waals surface area contributed by atoms with Crippen LogP contribution in [-0.2, 0) is 0 Å². The number of aromatic nitrogens is 1. The second kappa shape index (κ2) is 7.02. The quantitative estimate of drug-likeness (QED) is 0.661. The van der Waals surface area contributed by atoms with E-state index in [0.717, 1.165) is 24.8 Å². The highest BCUT2D eigenvalue weighted by Crippen LogP contribution is 2.30. The van der Waals surface area contributed by atoms with Crippen LogP contribution in [0.15, 0.2) is 12.1 Å². The second-order valence-electron chi connectivity index (χ2n) is 5.79. The lowest BCUT2D eigenvalue weighted by molar-refractivity contribution is -0.385. The van der Waals surface area contributed by atoms with E-state index in [1.807, 2.05) is 0 Å². The largest absolute Gasteiger partial charge is 0.370 e. The van der Waals surface area contributed by atoms with Crippen LogP contribution in [0.4, 0.5) is 11.5 Å². The topological polar surface area (TPSA) is 91.9 Å². The van der Waals surface area contributed by atoms with Gasteiger partial charge in [-0.3, -0.25) is 10.1 Å². The van der Waals surface area contributed by atoms with Crippen LogP contribution in [0.2, 0.25) is 0 Å². The molecule has 2 rings (SSSR count). The fourth-order valence-electron chi connectivity index (χ4n) is 3.01. The number of nitriles is 1. The summed E-state index contributed by atoms with van der Waals surface area (Å²) in [6.45, 7) is 3.09. The number of rotatable bonds is 5. The third-order valence-corrected chi connectivity index (χ3v) is 4.08. The molecular formula is C15H20N4O2. The van der Waals surface area contributed by atoms with Crippen molar-refractivity contribution in [1.82, 2.24) is 4.98 Å². The molecule has 0 aromatic carbocycles. The smallest absolute Gasteiger partial charge is 0.305 e. The van der Waals surface area contributed by atoms with Crippen LogP contribution in [0.3, 0.4) is 0 Å². The van der Waals surface area contributed by atoms with E-state index < -0.39 is 4.92 Å². The van der Waals surface area contributed by atoms with E-state index >= 15 is 0 Å². The van der Waals surface area contributed by atoms with E-state index in [-0.39, 0.29) is 11.4 Å². The normalized spacial score (nSPS) is 21.5. The molecule has 1 aliphatic carbocycles. The first-order valence-electron chi connectivity index (χ1n) is 7.39. The van der Waals surface area contributed by atoms with Gasteiger partial charge in [-0.15, -0.1) is 0 Å². The molecule has 0 saturated heterocycles. The lowest BCUT2D eigenvalue weighted by Crippen LogP contribution is -2.17. The molecule has 0 bridgehead atoms. The highest BCUT2D eigenvalue weighted by atomic mass is 16.6. The van der Waals surface area contributed by atoms with E-state index in [9.17, 15) is 10.1 Å². The summed E-state index contributed by atoms with van der Waals surface area (Å²) >= 11 is 0. The van der Waals surface area contributed by atoms with Crippen molar-refractivity contribution in [3.8, 4) is 6.07 Å². The van der Waals surface area contributed by atoms with Crippen LogP contribution in [-0.4, -0.2) is 16.5 Å². The Morgan fingerprint density at radius 1 is 1.52 bits per heavy atom. The van der Waals surface area contributed by atoms with Gasteiger partial charge in [-0.2, -0.15) is 5.26 Å². The molecule has 1 N–H and O–H groups in total. The molecule has 1 fully saturated rings. The van der Waals surface area contributed by atoms with E-state index in [2.05, 4.69) is 17.2 Å². The summed E-state index contributed by atoms with van der Waals surface area (Å²) in [5.74, 6) is 2.09. The number of nitrogens with zero attached hydrogens (tertiary/aromatic N) is 3. The Bertz CT molecular complexity index is 553. The van der Waals surface area contributed by atoms with Gasteiger partial charge in [0.1, 0.15) is 11.9 Å². The first-order chi connectivity index (χ1) is 10.1. The monoisotopic (exact) mass is 288 g/mol. The Balaban J connectivity index is 1.89. The van der Waals surface area contributed by atoms with Crippen molar-refractivity contribution in [2.45, 2.75) is 39.0 Å².